The van der Waals surface area contributed by atoms with Gasteiger partial charge in [-0.15, -0.1) is 0 Å². The van der Waals surface area contributed by atoms with E-state index < -0.39 is 0 Å². The molecule has 0 saturated heterocycles. The van der Waals surface area contributed by atoms with Crippen LogP contribution < -0.4 is 0 Å². The van der Waals surface area contributed by atoms with Crippen molar-refractivity contribution in [1.29, 1.82) is 0 Å². The largest absolute Gasteiger partial charge is 0.372 e. The van der Waals surface area contributed by atoms with Gasteiger partial charge in [0.15, 0.2) is 0 Å². The van der Waals surface area contributed by atoms with E-state index in [1.54, 1.807) is 0 Å². The lowest BCUT2D eigenvalue weighted by molar-refractivity contribution is 0.108. The molecule has 2 aliphatic rings. The van der Waals surface area contributed by atoms with E-state index in [1.165, 1.54) is 44.5 Å². The Morgan fingerprint density at radius 1 is 0.458 bits per heavy atom. The van der Waals surface area contributed by atoms with Crippen molar-refractivity contribution < 1.29 is 9.47 Å². The molecule has 0 bridgehead atoms. The maximum absolute atomic E-state index is 5.93. The van der Waals surface area contributed by atoms with Crippen LogP contribution in [0.1, 0.15) is 22.3 Å². The summed E-state index contributed by atoms with van der Waals surface area (Å²) in [6.45, 7) is 2.64. The number of hydrogen-bond donors (Lipinski definition) is 0. The minimum atomic E-state index is 0.653. The Morgan fingerprint density at radius 2 is 0.875 bits per heavy atom. The van der Waals surface area contributed by atoms with E-state index in [4.69, 9.17) is 9.47 Å². The molecule has 0 N–H and O–H groups in total. The monoisotopic (exact) mass is 314 g/mol. The van der Waals surface area contributed by atoms with Crippen LogP contribution in [0.5, 0.6) is 0 Å². The van der Waals surface area contributed by atoms with Crippen molar-refractivity contribution >= 4 is 0 Å². The van der Waals surface area contributed by atoms with Crippen molar-refractivity contribution in [2.24, 2.45) is 0 Å². The first-order valence-corrected chi connectivity index (χ1v) is 8.38. The van der Waals surface area contributed by atoms with Crippen molar-refractivity contribution in [3.8, 4) is 22.3 Å². The van der Waals surface area contributed by atoms with Gasteiger partial charge in [0.2, 0.25) is 0 Å². The molecule has 2 heterocycles. The first kappa shape index (κ1) is 14.0. The lowest BCUT2D eigenvalue weighted by Gasteiger charge is -2.18. The average molecular weight is 314 g/mol. The van der Waals surface area contributed by atoms with Gasteiger partial charge >= 0.3 is 0 Å². The Hall–Kier alpha value is -2.42. The van der Waals surface area contributed by atoms with Gasteiger partial charge in [-0.1, -0.05) is 60.7 Å². The van der Waals surface area contributed by atoms with Gasteiger partial charge in [0.1, 0.15) is 0 Å². The first-order valence-electron chi connectivity index (χ1n) is 8.38. The molecule has 0 radical (unpaired) electrons. The Bertz CT molecular complexity index is 851. The second-order valence-corrected chi connectivity index (χ2v) is 6.43. The van der Waals surface area contributed by atoms with E-state index in [0.717, 1.165) is 0 Å². The zero-order chi connectivity index (χ0) is 15.9. The van der Waals surface area contributed by atoms with E-state index in [2.05, 4.69) is 60.7 Å². The summed E-state index contributed by atoms with van der Waals surface area (Å²) in [6.07, 6.45) is 0. The molecule has 5 rings (SSSR count). The Kier molecular flexibility index (Phi) is 3.25. The molecule has 0 aromatic heterocycles. The molecule has 0 fully saturated rings. The summed E-state index contributed by atoms with van der Waals surface area (Å²) in [4.78, 5) is 0. The van der Waals surface area contributed by atoms with Gasteiger partial charge in [-0.2, -0.15) is 0 Å². The fourth-order valence-corrected chi connectivity index (χ4v) is 3.87. The predicted octanol–water partition coefficient (Wildman–Crippen LogP) is 5.08. The van der Waals surface area contributed by atoms with Crippen molar-refractivity contribution in [2.75, 3.05) is 0 Å². The maximum Gasteiger partial charge on any atom is 0.0727 e. The smallest absolute Gasteiger partial charge is 0.0727 e. The molecule has 2 aliphatic heterocycles. The molecule has 0 saturated carbocycles. The quantitative estimate of drug-likeness (QED) is 0.576. The van der Waals surface area contributed by atoms with Crippen LogP contribution in [0.2, 0.25) is 0 Å². The molecule has 3 aromatic carbocycles. The Labute approximate surface area is 141 Å². The van der Waals surface area contributed by atoms with Gasteiger partial charge < -0.3 is 9.47 Å². The molecular weight excluding hydrogens is 296 g/mol. The average Bonchev–Trinajstić information content (AvgIpc) is 2.93. The molecule has 3 aromatic rings. The number of fused-ring (bicyclic) bond motifs is 7. The van der Waals surface area contributed by atoms with Crippen molar-refractivity contribution in [2.45, 2.75) is 26.4 Å². The topological polar surface area (TPSA) is 18.5 Å². The van der Waals surface area contributed by atoms with Gasteiger partial charge in [-0.25, -0.2) is 0 Å². The molecule has 0 spiro atoms. The van der Waals surface area contributed by atoms with Crippen LogP contribution in [0.3, 0.4) is 0 Å². The Morgan fingerprint density at radius 3 is 1.38 bits per heavy atom. The molecule has 0 amide bonds. The third kappa shape index (κ3) is 2.11. The predicted molar refractivity (Wildman–Crippen MR) is 94.3 cm³/mol. The highest BCUT2D eigenvalue weighted by Gasteiger charge is 2.24. The van der Waals surface area contributed by atoms with Gasteiger partial charge in [0.05, 0.1) is 26.4 Å². The number of ether oxygens (including phenoxy) is 2. The summed E-state index contributed by atoms with van der Waals surface area (Å²) in [5.74, 6) is 0. The number of hydrogen-bond acceptors (Lipinski definition) is 2. The third-order valence-corrected chi connectivity index (χ3v) is 4.98. The SMILES string of the molecule is c1ccc2c(c1)COCc1ccc3c(c1-2)-c1ccccc1COC3. The third-order valence-electron chi connectivity index (χ3n) is 4.98. The molecule has 0 atom stereocenters. The zero-order valence-corrected chi connectivity index (χ0v) is 13.4. The van der Waals surface area contributed by atoms with Crippen LogP contribution in [0.15, 0.2) is 60.7 Å². The Balaban J connectivity index is 1.89. The van der Waals surface area contributed by atoms with Gasteiger partial charge in [-0.05, 0) is 44.5 Å². The fourth-order valence-electron chi connectivity index (χ4n) is 3.87. The van der Waals surface area contributed by atoms with E-state index in [1.807, 2.05) is 0 Å². The summed E-state index contributed by atoms with van der Waals surface area (Å²) in [7, 11) is 0. The minimum absolute atomic E-state index is 0.653. The van der Waals surface area contributed by atoms with E-state index in [9.17, 15) is 0 Å². The highest BCUT2D eigenvalue weighted by Crippen LogP contribution is 2.43. The van der Waals surface area contributed by atoms with Crippen LogP contribution in [0.4, 0.5) is 0 Å². The highest BCUT2D eigenvalue weighted by atomic mass is 16.5. The van der Waals surface area contributed by atoms with Crippen molar-refractivity contribution in [1.82, 2.24) is 0 Å². The van der Waals surface area contributed by atoms with Crippen molar-refractivity contribution in [3.05, 3.63) is 82.9 Å². The lowest BCUT2D eigenvalue weighted by atomic mass is 9.85. The normalized spacial score (nSPS) is 15.3. The minimum Gasteiger partial charge on any atom is -0.372 e. The van der Waals surface area contributed by atoms with Gasteiger partial charge in [-0.3, -0.25) is 0 Å². The van der Waals surface area contributed by atoms with Crippen LogP contribution in [-0.2, 0) is 35.9 Å². The molecule has 118 valence electrons. The van der Waals surface area contributed by atoms with E-state index in [-0.39, 0.29) is 0 Å². The van der Waals surface area contributed by atoms with Gasteiger partial charge in [0, 0.05) is 0 Å². The summed E-state index contributed by atoms with van der Waals surface area (Å²) in [5.41, 5.74) is 10.2. The van der Waals surface area contributed by atoms with E-state index in [0.29, 0.717) is 26.4 Å². The summed E-state index contributed by atoms with van der Waals surface area (Å²) in [5, 5.41) is 0. The second-order valence-electron chi connectivity index (χ2n) is 6.43. The highest BCUT2D eigenvalue weighted by molar-refractivity contribution is 5.90. The molecule has 0 unspecified atom stereocenters. The molecule has 24 heavy (non-hydrogen) atoms. The maximum atomic E-state index is 5.93. The van der Waals surface area contributed by atoms with Crippen LogP contribution >= 0.6 is 0 Å². The summed E-state index contributed by atoms with van der Waals surface area (Å²) >= 11 is 0. The molecule has 0 aliphatic carbocycles. The fraction of sp³-hybridized carbons (Fsp3) is 0.182. The lowest BCUT2D eigenvalue weighted by Crippen LogP contribution is -1.98. The van der Waals surface area contributed by atoms with E-state index >= 15 is 0 Å². The standard InChI is InChI=1S/C22H18O2/c1-3-7-19-15(5-1)11-23-13-17-9-10-18-14-24-12-16-6-2-4-8-20(16)22(18)21(17)19/h1-10H,11-14H2. The number of rotatable bonds is 0. The van der Waals surface area contributed by atoms with Crippen LogP contribution in [-0.4, -0.2) is 0 Å². The second kappa shape index (κ2) is 5.59. The number of benzene rings is 3. The summed E-state index contributed by atoms with van der Waals surface area (Å²) < 4.78 is 11.9. The molecule has 2 nitrogen and oxygen atoms in total. The van der Waals surface area contributed by atoms with Gasteiger partial charge in [0.25, 0.3) is 0 Å². The van der Waals surface area contributed by atoms with Crippen LogP contribution in [0.25, 0.3) is 22.3 Å². The molecule has 2 heteroatoms. The zero-order valence-electron chi connectivity index (χ0n) is 13.4. The van der Waals surface area contributed by atoms with Crippen molar-refractivity contribution in [3.63, 3.8) is 0 Å². The van der Waals surface area contributed by atoms with Crippen LogP contribution in [0, 0.1) is 0 Å². The molecular formula is C22H18O2. The first-order chi connectivity index (χ1) is 11.9. The summed E-state index contributed by atoms with van der Waals surface area (Å²) in [6, 6.07) is 21.6.